The van der Waals surface area contributed by atoms with Gasteiger partial charge < -0.3 is 25.2 Å². The number of carboxylic acids is 1. The van der Waals surface area contributed by atoms with Crippen LogP contribution >= 0.6 is 7.82 Å². The molecule has 3 unspecified atom stereocenters. The van der Waals surface area contributed by atoms with Crippen molar-refractivity contribution >= 4 is 25.7 Å². The van der Waals surface area contributed by atoms with E-state index in [-0.39, 0.29) is 12.8 Å². The summed E-state index contributed by atoms with van der Waals surface area (Å²) in [6, 6.07) is -1.54. The summed E-state index contributed by atoms with van der Waals surface area (Å²) in [6.07, 6.45) is 44.6. The predicted molar refractivity (Wildman–Crippen MR) is 236 cm³/mol. The van der Waals surface area contributed by atoms with E-state index in [1.54, 1.807) is 0 Å². The second-order valence-electron chi connectivity index (χ2n) is 15.6. The molecule has 0 aliphatic carbocycles. The Morgan fingerprint density at radius 1 is 0.552 bits per heavy atom. The van der Waals surface area contributed by atoms with Crippen LogP contribution in [0.5, 0.6) is 0 Å². The van der Waals surface area contributed by atoms with E-state index in [9.17, 15) is 34.1 Å². The zero-order chi connectivity index (χ0) is 42.8. The van der Waals surface area contributed by atoms with Crippen molar-refractivity contribution in [1.82, 2.24) is 5.32 Å². The number of phosphoric ester groups is 1. The number of hydrogen-bond acceptors (Lipinski definition) is 8. The maximum absolute atomic E-state index is 12.3. The summed E-state index contributed by atoms with van der Waals surface area (Å²) < 4.78 is 26.8. The summed E-state index contributed by atoms with van der Waals surface area (Å²) in [5, 5.41) is 21.8. The number of aliphatic carboxylic acids is 1. The van der Waals surface area contributed by atoms with Gasteiger partial charge in [-0.2, -0.15) is 0 Å². The largest absolute Gasteiger partial charge is 0.480 e. The van der Waals surface area contributed by atoms with Gasteiger partial charge in [-0.3, -0.25) is 18.6 Å². The fraction of sp³-hybridized carbons (Fsp3) is 0.804. The van der Waals surface area contributed by atoms with Crippen molar-refractivity contribution < 1.29 is 47.8 Å². The Morgan fingerprint density at radius 2 is 0.948 bits per heavy atom. The molecule has 0 aromatic heterocycles. The van der Waals surface area contributed by atoms with Gasteiger partial charge >= 0.3 is 19.8 Å². The lowest BCUT2D eigenvalue weighted by atomic mass is 10.1. The molecular formula is C46H84NO10P. The van der Waals surface area contributed by atoms with Crippen LogP contribution in [0, 0.1) is 0 Å². The summed E-state index contributed by atoms with van der Waals surface area (Å²) in [4.78, 5) is 45.9. The number of carboxylic acid groups (broad SMARTS) is 1. The van der Waals surface area contributed by atoms with Gasteiger partial charge in [0.2, 0.25) is 5.91 Å². The zero-order valence-corrected chi connectivity index (χ0v) is 37.5. The number of carbonyl (C=O) groups is 3. The number of aliphatic hydroxyl groups excluding tert-OH is 1. The molecule has 0 radical (unpaired) electrons. The number of ether oxygens (including phenoxy) is 1. The maximum atomic E-state index is 12.3. The van der Waals surface area contributed by atoms with Crippen LogP contribution < -0.4 is 5.32 Å². The Labute approximate surface area is 352 Å². The monoisotopic (exact) mass is 842 g/mol. The minimum atomic E-state index is -4.75. The summed E-state index contributed by atoms with van der Waals surface area (Å²) >= 11 is 0. The molecule has 11 nitrogen and oxygen atoms in total. The first-order chi connectivity index (χ1) is 28.1. The van der Waals surface area contributed by atoms with E-state index < -0.39 is 57.6 Å². The van der Waals surface area contributed by atoms with Gasteiger partial charge in [-0.05, 0) is 51.4 Å². The molecule has 58 heavy (non-hydrogen) atoms. The molecule has 0 aromatic rings. The van der Waals surface area contributed by atoms with Crippen molar-refractivity contribution in [3.05, 3.63) is 36.5 Å². The highest BCUT2D eigenvalue weighted by Gasteiger charge is 2.28. The van der Waals surface area contributed by atoms with Crippen molar-refractivity contribution in [3.8, 4) is 0 Å². The lowest BCUT2D eigenvalue weighted by Crippen LogP contribution is -2.43. The number of hydrogen-bond donors (Lipinski definition) is 4. The molecule has 12 heteroatoms. The number of rotatable bonds is 43. The number of allylic oxidation sites excluding steroid dienone is 6. The van der Waals surface area contributed by atoms with Crippen molar-refractivity contribution in [2.45, 2.75) is 219 Å². The SMILES string of the molecule is CCCCC/C=C\C/C=C\C/C=C\CCCCCCCCCCCCC(=O)OCC(O)COP(=O)(O)OCC(NC(=O)CCCCCCCCCCCCC)C(=O)O. The van der Waals surface area contributed by atoms with Crippen LogP contribution in [0.1, 0.15) is 206 Å². The Bertz CT molecular complexity index is 1130. The maximum Gasteiger partial charge on any atom is 0.472 e. The zero-order valence-electron chi connectivity index (χ0n) is 36.6. The molecule has 0 rings (SSSR count). The highest BCUT2D eigenvalue weighted by atomic mass is 31.2. The van der Waals surface area contributed by atoms with Crippen LogP contribution in [0.3, 0.4) is 0 Å². The summed E-state index contributed by atoms with van der Waals surface area (Å²) in [6.45, 7) is 2.55. The number of unbranched alkanes of at least 4 members (excludes halogenated alkanes) is 23. The number of nitrogens with one attached hydrogen (secondary N) is 1. The quantitative estimate of drug-likeness (QED) is 0.0201. The molecule has 0 bridgehead atoms. The molecule has 338 valence electrons. The number of aliphatic hydroxyl groups is 1. The molecule has 1 amide bonds. The third-order valence-electron chi connectivity index (χ3n) is 9.93. The third-order valence-corrected chi connectivity index (χ3v) is 10.9. The van der Waals surface area contributed by atoms with E-state index in [0.29, 0.717) is 12.8 Å². The number of phosphoric acid groups is 1. The first-order valence-electron chi connectivity index (χ1n) is 23.0. The molecule has 0 spiro atoms. The van der Waals surface area contributed by atoms with E-state index >= 15 is 0 Å². The van der Waals surface area contributed by atoms with Gasteiger partial charge in [-0.25, -0.2) is 9.36 Å². The number of amides is 1. The summed E-state index contributed by atoms with van der Waals surface area (Å²) in [5.41, 5.74) is 0. The Kier molecular flexibility index (Phi) is 39.8. The molecule has 3 atom stereocenters. The van der Waals surface area contributed by atoms with Crippen LogP contribution in [0.25, 0.3) is 0 Å². The lowest BCUT2D eigenvalue weighted by Gasteiger charge is -2.18. The van der Waals surface area contributed by atoms with Gasteiger partial charge in [0.1, 0.15) is 12.7 Å². The van der Waals surface area contributed by atoms with Gasteiger partial charge in [-0.1, -0.05) is 179 Å². The van der Waals surface area contributed by atoms with Gasteiger partial charge in [0.15, 0.2) is 6.04 Å². The van der Waals surface area contributed by atoms with Gasteiger partial charge in [0, 0.05) is 12.8 Å². The second kappa shape index (κ2) is 41.4. The highest BCUT2D eigenvalue weighted by molar-refractivity contribution is 7.47. The highest BCUT2D eigenvalue weighted by Crippen LogP contribution is 2.43. The molecule has 0 aliphatic heterocycles. The van der Waals surface area contributed by atoms with Crippen LogP contribution in [0.2, 0.25) is 0 Å². The molecule has 0 aliphatic rings. The van der Waals surface area contributed by atoms with Gasteiger partial charge in [0.25, 0.3) is 0 Å². The standard InChI is InChI=1S/C46H84NO10P/c1-3-5-7-9-11-13-15-16-17-18-19-20-21-22-23-24-25-26-28-30-32-34-36-38-45(50)55-39-42(48)40-56-58(53,54)57-41-43(46(51)52)47-44(49)37-35-33-31-29-27-14-12-10-8-6-4-2/h11,13,16-17,19-20,42-43,48H,3-10,12,14-15,18,21-41H2,1-2H3,(H,47,49)(H,51,52)(H,53,54)/b13-11-,17-16-,20-19-. The van der Waals surface area contributed by atoms with E-state index in [4.69, 9.17) is 13.8 Å². The molecule has 0 saturated heterocycles. The molecule has 0 saturated carbocycles. The fourth-order valence-electron chi connectivity index (χ4n) is 6.32. The van der Waals surface area contributed by atoms with Crippen molar-refractivity contribution in [2.75, 3.05) is 19.8 Å². The van der Waals surface area contributed by atoms with E-state index in [1.807, 2.05) is 0 Å². The Balaban J connectivity index is 3.82. The van der Waals surface area contributed by atoms with Crippen LogP contribution in [0.4, 0.5) is 0 Å². The predicted octanol–water partition coefficient (Wildman–Crippen LogP) is 12.0. The Morgan fingerprint density at radius 3 is 1.45 bits per heavy atom. The first kappa shape index (κ1) is 55.7. The fourth-order valence-corrected chi connectivity index (χ4v) is 7.09. The van der Waals surface area contributed by atoms with Crippen molar-refractivity contribution in [1.29, 1.82) is 0 Å². The third kappa shape index (κ3) is 40.5. The summed E-state index contributed by atoms with van der Waals surface area (Å²) in [5.74, 6) is -2.37. The minimum absolute atomic E-state index is 0.148. The van der Waals surface area contributed by atoms with Crippen LogP contribution in [0.15, 0.2) is 36.5 Å². The summed E-state index contributed by atoms with van der Waals surface area (Å²) in [7, 11) is -4.75. The average Bonchev–Trinajstić information content (AvgIpc) is 3.20. The smallest absolute Gasteiger partial charge is 0.472 e. The van der Waals surface area contributed by atoms with Crippen molar-refractivity contribution in [3.63, 3.8) is 0 Å². The molecular weight excluding hydrogens is 757 g/mol. The van der Waals surface area contributed by atoms with E-state index in [1.165, 1.54) is 109 Å². The number of carbonyl (C=O) groups excluding carboxylic acids is 2. The number of esters is 1. The first-order valence-corrected chi connectivity index (χ1v) is 24.5. The normalized spacial score (nSPS) is 14.0. The lowest BCUT2D eigenvalue weighted by molar-refractivity contribution is -0.147. The Hall–Kier alpha value is -2.30. The molecule has 0 fully saturated rings. The van der Waals surface area contributed by atoms with Gasteiger partial charge in [0.05, 0.1) is 13.2 Å². The molecule has 0 aromatic carbocycles. The topological polar surface area (TPSA) is 169 Å². The van der Waals surface area contributed by atoms with Crippen LogP contribution in [-0.2, 0) is 32.7 Å². The minimum Gasteiger partial charge on any atom is -0.480 e. The van der Waals surface area contributed by atoms with E-state index in [0.717, 1.165) is 57.8 Å². The van der Waals surface area contributed by atoms with Gasteiger partial charge in [-0.15, -0.1) is 0 Å². The molecule has 4 N–H and O–H groups in total. The second-order valence-corrected chi connectivity index (χ2v) is 17.0. The molecule has 0 heterocycles. The van der Waals surface area contributed by atoms with Crippen LogP contribution in [-0.4, -0.2) is 64.9 Å². The van der Waals surface area contributed by atoms with Crippen molar-refractivity contribution in [2.24, 2.45) is 0 Å². The average molecular weight is 842 g/mol. The van der Waals surface area contributed by atoms with E-state index in [2.05, 4.69) is 55.6 Å².